The molecule has 0 bridgehead atoms. The van der Waals surface area contributed by atoms with E-state index in [0.29, 0.717) is 48.7 Å². The molecule has 1 heterocycles. The van der Waals surface area contributed by atoms with Gasteiger partial charge in [0.05, 0.1) is 4.90 Å². The largest absolute Gasteiger partial charge is 0.356 e. The Balaban J connectivity index is 1.58. The van der Waals surface area contributed by atoms with Crippen LogP contribution in [0.15, 0.2) is 53.4 Å². The molecule has 0 saturated carbocycles. The van der Waals surface area contributed by atoms with Crippen LogP contribution < -0.4 is 10.0 Å². The van der Waals surface area contributed by atoms with Crippen molar-refractivity contribution >= 4 is 39.1 Å². The molecule has 2 aromatic carbocycles. The summed E-state index contributed by atoms with van der Waals surface area (Å²) < 4.78 is 27.4. The number of sulfonamides is 1. The van der Waals surface area contributed by atoms with Crippen molar-refractivity contribution < 1.29 is 18.0 Å². The lowest BCUT2D eigenvalue weighted by molar-refractivity contribution is -0.126. The zero-order chi connectivity index (χ0) is 22.4. The van der Waals surface area contributed by atoms with Crippen LogP contribution in [-0.2, 0) is 14.8 Å². The Kier molecular flexibility index (Phi) is 7.56. The Morgan fingerprint density at radius 3 is 2.23 bits per heavy atom. The molecule has 0 unspecified atom stereocenters. The lowest BCUT2D eigenvalue weighted by atomic mass is 9.95. The van der Waals surface area contributed by atoms with Gasteiger partial charge in [0, 0.05) is 41.8 Å². The van der Waals surface area contributed by atoms with Gasteiger partial charge in [-0.1, -0.05) is 18.5 Å². The summed E-state index contributed by atoms with van der Waals surface area (Å²) in [6.07, 6.45) is 2.18. The first-order valence-electron chi connectivity index (χ1n) is 10.3. The van der Waals surface area contributed by atoms with Gasteiger partial charge in [-0.05, 0) is 67.8 Å². The van der Waals surface area contributed by atoms with Crippen molar-refractivity contribution in [3.05, 3.63) is 59.1 Å². The van der Waals surface area contributed by atoms with Crippen molar-refractivity contribution in [2.24, 2.45) is 5.92 Å². The molecule has 1 saturated heterocycles. The van der Waals surface area contributed by atoms with E-state index in [1.165, 1.54) is 24.3 Å². The molecule has 0 radical (unpaired) electrons. The molecule has 2 aromatic rings. The number of hydrogen-bond acceptors (Lipinski definition) is 4. The SMILES string of the molecule is CCCNC(=O)C1CCN(C(=O)c2ccc(NS(=O)(=O)c3ccc(Cl)cc3)cc2)CC1. The average Bonchev–Trinajstić information content (AvgIpc) is 2.77. The van der Waals surface area contributed by atoms with E-state index in [4.69, 9.17) is 11.6 Å². The van der Waals surface area contributed by atoms with Gasteiger partial charge in [0.25, 0.3) is 15.9 Å². The van der Waals surface area contributed by atoms with Gasteiger partial charge in [-0.15, -0.1) is 0 Å². The van der Waals surface area contributed by atoms with Crippen LogP contribution in [0, 0.1) is 5.92 Å². The smallest absolute Gasteiger partial charge is 0.261 e. The van der Waals surface area contributed by atoms with Gasteiger partial charge in [0.2, 0.25) is 5.91 Å². The number of benzene rings is 2. The third-order valence-corrected chi connectivity index (χ3v) is 6.86. The van der Waals surface area contributed by atoms with E-state index in [2.05, 4.69) is 10.0 Å². The summed E-state index contributed by atoms with van der Waals surface area (Å²) in [5, 5.41) is 3.36. The van der Waals surface area contributed by atoms with Crippen LogP contribution in [0.25, 0.3) is 0 Å². The highest BCUT2D eigenvalue weighted by Gasteiger charge is 2.27. The summed E-state index contributed by atoms with van der Waals surface area (Å²) in [5.74, 6) is -0.119. The summed E-state index contributed by atoms with van der Waals surface area (Å²) >= 11 is 5.81. The Bertz CT molecular complexity index is 1020. The van der Waals surface area contributed by atoms with Crippen molar-refractivity contribution in [3.63, 3.8) is 0 Å². The summed E-state index contributed by atoms with van der Waals surface area (Å²) in [7, 11) is -3.75. The fourth-order valence-electron chi connectivity index (χ4n) is 3.43. The molecule has 0 aromatic heterocycles. The Hall–Kier alpha value is -2.58. The number of amides is 2. The Morgan fingerprint density at radius 2 is 1.65 bits per heavy atom. The first-order valence-corrected chi connectivity index (χ1v) is 12.1. The molecule has 2 amide bonds. The van der Waals surface area contributed by atoms with E-state index in [0.717, 1.165) is 6.42 Å². The van der Waals surface area contributed by atoms with Crippen molar-refractivity contribution in [3.8, 4) is 0 Å². The second kappa shape index (κ2) is 10.2. The van der Waals surface area contributed by atoms with Crippen LogP contribution >= 0.6 is 11.6 Å². The van der Waals surface area contributed by atoms with Gasteiger partial charge in [0.15, 0.2) is 0 Å². The minimum absolute atomic E-state index is 0.0553. The Labute approximate surface area is 187 Å². The van der Waals surface area contributed by atoms with E-state index < -0.39 is 10.0 Å². The first kappa shape index (κ1) is 23.1. The van der Waals surface area contributed by atoms with Gasteiger partial charge >= 0.3 is 0 Å². The lowest BCUT2D eigenvalue weighted by Crippen LogP contribution is -2.43. The van der Waals surface area contributed by atoms with Crippen LogP contribution in [0.4, 0.5) is 5.69 Å². The standard InChI is InChI=1S/C22H26ClN3O4S/c1-2-13-24-21(27)16-11-14-26(15-12-16)22(28)17-3-7-19(8-4-17)25-31(29,30)20-9-5-18(23)6-10-20/h3-10,16,25H,2,11-15H2,1H3,(H,24,27). The molecule has 1 aliphatic rings. The van der Waals surface area contributed by atoms with Crippen LogP contribution in [0.3, 0.4) is 0 Å². The number of carbonyl (C=O) groups is 2. The first-order chi connectivity index (χ1) is 14.8. The highest BCUT2D eigenvalue weighted by atomic mass is 35.5. The van der Waals surface area contributed by atoms with Gasteiger partial charge in [-0.25, -0.2) is 8.42 Å². The van der Waals surface area contributed by atoms with Crippen LogP contribution in [-0.4, -0.2) is 44.8 Å². The highest BCUT2D eigenvalue weighted by Crippen LogP contribution is 2.22. The normalized spacial score (nSPS) is 14.8. The molecular formula is C22H26ClN3O4S. The van der Waals surface area contributed by atoms with Crippen molar-refractivity contribution in [1.82, 2.24) is 10.2 Å². The zero-order valence-corrected chi connectivity index (χ0v) is 18.9. The van der Waals surface area contributed by atoms with Gasteiger partial charge in [0.1, 0.15) is 0 Å². The highest BCUT2D eigenvalue weighted by molar-refractivity contribution is 7.92. The fraction of sp³-hybridized carbons (Fsp3) is 0.364. The van der Waals surface area contributed by atoms with E-state index in [-0.39, 0.29) is 22.6 Å². The topological polar surface area (TPSA) is 95.6 Å². The maximum absolute atomic E-state index is 12.8. The molecular weight excluding hydrogens is 438 g/mol. The lowest BCUT2D eigenvalue weighted by Gasteiger charge is -2.31. The molecule has 3 rings (SSSR count). The molecule has 0 spiro atoms. The van der Waals surface area contributed by atoms with Gasteiger partial charge in [-0.3, -0.25) is 14.3 Å². The number of carbonyl (C=O) groups excluding carboxylic acids is 2. The summed E-state index contributed by atoms with van der Waals surface area (Å²) in [4.78, 5) is 26.7. The summed E-state index contributed by atoms with van der Waals surface area (Å²) in [6, 6.07) is 12.2. The number of halogens is 1. The minimum Gasteiger partial charge on any atom is -0.356 e. The predicted molar refractivity (Wildman–Crippen MR) is 121 cm³/mol. The fourth-order valence-corrected chi connectivity index (χ4v) is 4.61. The van der Waals surface area contributed by atoms with Crippen molar-refractivity contribution in [2.45, 2.75) is 31.1 Å². The van der Waals surface area contributed by atoms with E-state index >= 15 is 0 Å². The quantitative estimate of drug-likeness (QED) is 0.656. The second-order valence-corrected chi connectivity index (χ2v) is 9.61. The second-order valence-electron chi connectivity index (χ2n) is 7.49. The number of likely N-dealkylation sites (tertiary alicyclic amines) is 1. The average molecular weight is 464 g/mol. The Morgan fingerprint density at radius 1 is 1.03 bits per heavy atom. The summed E-state index contributed by atoms with van der Waals surface area (Å²) in [5.41, 5.74) is 0.834. The van der Waals surface area contributed by atoms with Gasteiger partial charge < -0.3 is 10.2 Å². The van der Waals surface area contributed by atoms with Crippen molar-refractivity contribution in [2.75, 3.05) is 24.4 Å². The van der Waals surface area contributed by atoms with Crippen molar-refractivity contribution in [1.29, 1.82) is 0 Å². The summed E-state index contributed by atoms with van der Waals surface area (Å²) in [6.45, 7) is 3.73. The molecule has 31 heavy (non-hydrogen) atoms. The molecule has 2 N–H and O–H groups in total. The van der Waals surface area contributed by atoms with E-state index in [1.54, 1.807) is 29.2 Å². The molecule has 1 aliphatic heterocycles. The maximum Gasteiger partial charge on any atom is 0.261 e. The van der Waals surface area contributed by atoms with Crippen LogP contribution in [0.2, 0.25) is 5.02 Å². The molecule has 0 aliphatic carbocycles. The van der Waals surface area contributed by atoms with E-state index in [1.807, 2.05) is 6.92 Å². The van der Waals surface area contributed by atoms with Gasteiger partial charge in [-0.2, -0.15) is 0 Å². The minimum atomic E-state index is -3.75. The molecule has 1 fully saturated rings. The number of rotatable bonds is 7. The van der Waals surface area contributed by atoms with Crippen LogP contribution in [0.1, 0.15) is 36.5 Å². The monoisotopic (exact) mass is 463 g/mol. The third kappa shape index (κ3) is 5.98. The predicted octanol–water partition coefficient (Wildman–Crippen LogP) is 3.52. The molecule has 9 heteroatoms. The number of hydrogen-bond donors (Lipinski definition) is 2. The van der Waals surface area contributed by atoms with E-state index in [9.17, 15) is 18.0 Å². The number of nitrogens with one attached hydrogen (secondary N) is 2. The number of anilines is 1. The van der Waals surface area contributed by atoms with Crippen LogP contribution in [0.5, 0.6) is 0 Å². The number of piperidine rings is 1. The molecule has 0 atom stereocenters. The third-order valence-electron chi connectivity index (χ3n) is 5.21. The maximum atomic E-state index is 12.8. The zero-order valence-electron chi connectivity index (χ0n) is 17.3. The molecule has 7 nitrogen and oxygen atoms in total. The number of nitrogens with zero attached hydrogens (tertiary/aromatic N) is 1. The molecule has 166 valence electrons.